The number of H-pyrrole nitrogens is 2. The van der Waals surface area contributed by atoms with E-state index in [1.807, 2.05) is 26.0 Å². The highest BCUT2D eigenvalue weighted by atomic mass is 79.9. The van der Waals surface area contributed by atoms with E-state index in [1.165, 1.54) is 4.57 Å². The van der Waals surface area contributed by atoms with Crippen molar-refractivity contribution >= 4 is 28.1 Å². The van der Waals surface area contributed by atoms with Crippen LogP contribution in [0.1, 0.15) is 11.1 Å². The second kappa shape index (κ2) is 4.03. The molecule has 2 N–H and O–H groups in total. The molecule has 2 aromatic rings. The lowest BCUT2D eigenvalue weighted by molar-refractivity contribution is 0.969. The first kappa shape index (κ1) is 11.3. The maximum absolute atomic E-state index is 11.5. The number of hydrogen-bond donors (Lipinski definition) is 2. The first-order valence-electron chi connectivity index (χ1n) is 4.67. The molecule has 16 heavy (non-hydrogen) atoms. The van der Waals surface area contributed by atoms with Crippen LogP contribution in [0.15, 0.2) is 21.4 Å². The summed E-state index contributed by atoms with van der Waals surface area (Å²) in [6.07, 6.45) is 0. The molecule has 0 saturated heterocycles. The summed E-state index contributed by atoms with van der Waals surface area (Å²) in [5, 5.41) is 5.07. The van der Waals surface area contributed by atoms with Crippen LogP contribution in [-0.2, 0) is 0 Å². The van der Waals surface area contributed by atoms with Gasteiger partial charge in [-0.2, -0.15) is 0 Å². The monoisotopic (exact) mass is 299 g/mol. The highest BCUT2D eigenvalue weighted by Gasteiger charge is 2.07. The molecular formula is C10H10BrN3OS. The number of rotatable bonds is 1. The largest absolute Gasteiger partial charge is 0.347 e. The molecule has 0 unspecified atom stereocenters. The lowest BCUT2D eigenvalue weighted by atomic mass is 10.1. The lowest BCUT2D eigenvalue weighted by Crippen LogP contribution is -2.15. The van der Waals surface area contributed by atoms with E-state index in [-0.39, 0.29) is 5.69 Å². The molecule has 2 rings (SSSR count). The number of aromatic nitrogens is 3. The van der Waals surface area contributed by atoms with Crippen LogP contribution in [0.25, 0.3) is 5.69 Å². The summed E-state index contributed by atoms with van der Waals surface area (Å²) < 4.78 is 2.85. The van der Waals surface area contributed by atoms with Gasteiger partial charge in [0.1, 0.15) is 0 Å². The van der Waals surface area contributed by atoms with Crippen LogP contribution in [0.5, 0.6) is 0 Å². The van der Waals surface area contributed by atoms with Gasteiger partial charge in [-0.15, -0.1) is 0 Å². The molecule has 0 radical (unpaired) electrons. The number of halogens is 1. The third-order valence-electron chi connectivity index (χ3n) is 2.36. The minimum Gasteiger partial charge on any atom is -0.272 e. The maximum atomic E-state index is 11.5. The Morgan fingerprint density at radius 3 is 2.25 bits per heavy atom. The number of nitrogens with zero attached hydrogens (tertiary/aromatic N) is 1. The Bertz CT molecular complexity index is 602. The Kier molecular flexibility index (Phi) is 2.86. The summed E-state index contributed by atoms with van der Waals surface area (Å²) in [6, 6.07) is 3.83. The Labute approximate surface area is 105 Å². The Hall–Kier alpha value is -1.14. The molecule has 6 heteroatoms. The van der Waals surface area contributed by atoms with Gasteiger partial charge in [0.25, 0.3) is 0 Å². The van der Waals surface area contributed by atoms with Gasteiger partial charge in [-0.25, -0.2) is 14.5 Å². The van der Waals surface area contributed by atoms with Crippen molar-refractivity contribution in [2.75, 3.05) is 0 Å². The molecule has 1 heterocycles. The molecule has 0 saturated carbocycles. The van der Waals surface area contributed by atoms with E-state index in [4.69, 9.17) is 12.2 Å². The molecular weight excluding hydrogens is 290 g/mol. The van der Waals surface area contributed by atoms with Gasteiger partial charge >= 0.3 is 5.69 Å². The molecule has 0 aliphatic carbocycles. The molecule has 0 aliphatic rings. The fourth-order valence-corrected chi connectivity index (χ4v) is 2.07. The van der Waals surface area contributed by atoms with Crippen LogP contribution in [0, 0.1) is 18.6 Å². The van der Waals surface area contributed by atoms with Gasteiger partial charge in [-0.3, -0.25) is 5.10 Å². The summed E-state index contributed by atoms with van der Waals surface area (Å²) in [5.41, 5.74) is 2.65. The summed E-state index contributed by atoms with van der Waals surface area (Å²) in [7, 11) is 0. The molecule has 0 fully saturated rings. The minimum absolute atomic E-state index is 0.258. The third-order valence-corrected chi connectivity index (χ3v) is 3.90. The zero-order chi connectivity index (χ0) is 11.9. The van der Waals surface area contributed by atoms with Gasteiger partial charge in [0, 0.05) is 4.47 Å². The Balaban J connectivity index is 2.76. The quantitative estimate of drug-likeness (QED) is 0.795. The Morgan fingerprint density at radius 2 is 1.81 bits per heavy atom. The number of nitrogens with one attached hydrogen (secondary N) is 2. The smallest absolute Gasteiger partial charge is 0.272 e. The van der Waals surface area contributed by atoms with Crippen molar-refractivity contribution < 1.29 is 0 Å². The first-order valence-corrected chi connectivity index (χ1v) is 5.87. The van der Waals surface area contributed by atoms with Gasteiger partial charge in [-0.1, -0.05) is 15.9 Å². The average Bonchev–Trinajstić information content (AvgIpc) is 2.54. The molecule has 1 aromatic carbocycles. The second-order valence-corrected chi connectivity index (χ2v) is 4.77. The highest BCUT2D eigenvalue weighted by molar-refractivity contribution is 9.10. The van der Waals surface area contributed by atoms with Crippen LogP contribution < -0.4 is 5.69 Å². The lowest BCUT2D eigenvalue weighted by Gasteiger charge is -2.07. The van der Waals surface area contributed by atoms with E-state index in [0.717, 1.165) is 21.3 Å². The van der Waals surface area contributed by atoms with Gasteiger partial charge in [0.15, 0.2) is 0 Å². The van der Waals surface area contributed by atoms with Gasteiger partial charge in [0.2, 0.25) is 4.77 Å². The summed E-state index contributed by atoms with van der Waals surface area (Å²) in [4.78, 5) is 11.5. The van der Waals surface area contributed by atoms with Crippen molar-refractivity contribution in [3.05, 3.63) is 43.0 Å². The summed E-state index contributed by atoms with van der Waals surface area (Å²) >= 11 is 8.52. The number of benzene rings is 1. The van der Waals surface area contributed by atoms with E-state index in [1.54, 1.807) is 0 Å². The normalized spacial score (nSPS) is 10.7. The van der Waals surface area contributed by atoms with Crippen LogP contribution >= 0.6 is 28.1 Å². The molecule has 1 aromatic heterocycles. The fourth-order valence-electron chi connectivity index (χ4n) is 1.60. The second-order valence-electron chi connectivity index (χ2n) is 3.59. The topological polar surface area (TPSA) is 53.6 Å². The number of hydrogen-bond acceptors (Lipinski definition) is 2. The molecule has 84 valence electrons. The standard InChI is InChI=1S/C10H10BrN3OS/c1-5-3-7(4-6(2)8(5)11)14-9(15)12-13-10(14)16/h3-4H,1-2H3,(H,12,15)(H,13,16). The molecule has 0 amide bonds. The van der Waals surface area contributed by atoms with E-state index in [2.05, 4.69) is 26.1 Å². The fraction of sp³-hybridized carbons (Fsp3) is 0.200. The van der Waals surface area contributed by atoms with E-state index in [9.17, 15) is 4.79 Å². The van der Waals surface area contributed by atoms with Crippen LogP contribution in [-0.4, -0.2) is 14.8 Å². The van der Waals surface area contributed by atoms with Crippen molar-refractivity contribution in [1.82, 2.24) is 14.8 Å². The van der Waals surface area contributed by atoms with Crippen molar-refractivity contribution in [2.24, 2.45) is 0 Å². The van der Waals surface area contributed by atoms with Crippen molar-refractivity contribution in [3.63, 3.8) is 0 Å². The van der Waals surface area contributed by atoms with Crippen molar-refractivity contribution in [2.45, 2.75) is 13.8 Å². The van der Waals surface area contributed by atoms with Crippen molar-refractivity contribution in [1.29, 1.82) is 0 Å². The Morgan fingerprint density at radius 1 is 1.25 bits per heavy atom. The maximum Gasteiger partial charge on any atom is 0.347 e. The highest BCUT2D eigenvalue weighted by Crippen LogP contribution is 2.23. The SMILES string of the molecule is Cc1cc(-n2c(=O)[nH][nH]c2=S)cc(C)c1Br. The summed E-state index contributed by atoms with van der Waals surface area (Å²) in [6.45, 7) is 3.95. The van der Waals surface area contributed by atoms with Crippen LogP contribution in [0.4, 0.5) is 0 Å². The molecule has 4 nitrogen and oxygen atoms in total. The molecule has 0 spiro atoms. The number of aryl methyl sites for hydroxylation is 2. The molecule has 0 atom stereocenters. The predicted octanol–water partition coefficient (Wildman–Crippen LogP) is 2.60. The molecule has 0 bridgehead atoms. The number of aromatic amines is 2. The van der Waals surface area contributed by atoms with Crippen molar-refractivity contribution in [3.8, 4) is 5.69 Å². The predicted molar refractivity (Wildman–Crippen MR) is 68.7 cm³/mol. The van der Waals surface area contributed by atoms with Gasteiger partial charge < -0.3 is 0 Å². The van der Waals surface area contributed by atoms with Gasteiger partial charge in [-0.05, 0) is 49.3 Å². The molecule has 0 aliphatic heterocycles. The third kappa shape index (κ3) is 1.78. The first-order chi connectivity index (χ1) is 7.50. The minimum atomic E-state index is -0.258. The van der Waals surface area contributed by atoms with Gasteiger partial charge in [0.05, 0.1) is 5.69 Å². The van der Waals surface area contributed by atoms with E-state index in [0.29, 0.717) is 4.77 Å². The zero-order valence-electron chi connectivity index (χ0n) is 8.80. The van der Waals surface area contributed by atoms with E-state index < -0.39 is 0 Å². The van der Waals surface area contributed by atoms with E-state index >= 15 is 0 Å². The zero-order valence-corrected chi connectivity index (χ0v) is 11.2. The average molecular weight is 300 g/mol. The van der Waals surface area contributed by atoms with Crippen LogP contribution in [0.2, 0.25) is 0 Å². The van der Waals surface area contributed by atoms with Crippen LogP contribution in [0.3, 0.4) is 0 Å². The summed E-state index contributed by atoms with van der Waals surface area (Å²) in [5.74, 6) is 0.